The minimum Gasteiger partial charge on any atom is -0.0876 e. The van der Waals surface area contributed by atoms with Gasteiger partial charge in [0.1, 0.15) is 0 Å². The first-order chi connectivity index (χ1) is 7.31. The van der Waals surface area contributed by atoms with E-state index in [1.165, 1.54) is 16.7 Å². The molecule has 2 heteroatoms. The topological polar surface area (TPSA) is 0 Å². The molecule has 0 aliphatic heterocycles. The first-order valence-electron chi connectivity index (χ1n) is 4.71. The molecule has 0 amide bonds. The summed E-state index contributed by atoms with van der Waals surface area (Å²) in [6.45, 7) is 0. The van der Waals surface area contributed by atoms with Crippen LogP contribution >= 0.6 is 27.5 Å². The zero-order valence-corrected chi connectivity index (χ0v) is 10.4. The maximum atomic E-state index is 6.01. The molecule has 0 atom stereocenters. The van der Waals surface area contributed by atoms with Gasteiger partial charge < -0.3 is 0 Å². The fourth-order valence-corrected chi connectivity index (χ4v) is 2.21. The van der Waals surface area contributed by atoms with Gasteiger partial charge in [-0.2, -0.15) is 0 Å². The van der Waals surface area contributed by atoms with Crippen LogP contribution in [0.4, 0.5) is 0 Å². The van der Waals surface area contributed by atoms with Crippen molar-refractivity contribution in [2.45, 2.75) is 5.33 Å². The minimum absolute atomic E-state index is 0.776. The van der Waals surface area contributed by atoms with Crippen LogP contribution in [0.5, 0.6) is 0 Å². The number of halogens is 2. The first-order valence-corrected chi connectivity index (χ1v) is 6.21. The Kier molecular flexibility index (Phi) is 3.45. The zero-order valence-electron chi connectivity index (χ0n) is 8.08. The molecule has 0 radical (unpaired) electrons. The highest BCUT2D eigenvalue weighted by Gasteiger charge is 2.04. The Morgan fingerprint density at radius 3 is 2.40 bits per heavy atom. The van der Waals surface area contributed by atoms with Crippen LogP contribution in [0.25, 0.3) is 11.1 Å². The second kappa shape index (κ2) is 4.82. The van der Waals surface area contributed by atoms with Gasteiger partial charge in [-0.25, -0.2) is 0 Å². The van der Waals surface area contributed by atoms with Gasteiger partial charge in [0, 0.05) is 10.4 Å². The van der Waals surface area contributed by atoms with Crippen molar-refractivity contribution in [3.05, 3.63) is 59.1 Å². The number of hydrogen-bond donors (Lipinski definition) is 0. The average molecular weight is 282 g/mol. The van der Waals surface area contributed by atoms with Gasteiger partial charge in [-0.1, -0.05) is 63.9 Å². The summed E-state index contributed by atoms with van der Waals surface area (Å²) in [6, 6.07) is 16.3. The molecule has 0 heterocycles. The molecule has 0 aromatic heterocycles. The molecule has 0 spiro atoms. The summed E-state index contributed by atoms with van der Waals surface area (Å²) in [5, 5.41) is 1.62. The summed E-state index contributed by atoms with van der Waals surface area (Å²) in [4.78, 5) is 0. The minimum atomic E-state index is 0.776. The van der Waals surface area contributed by atoms with Crippen molar-refractivity contribution in [3.8, 4) is 11.1 Å². The highest BCUT2D eigenvalue weighted by Crippen LogP contribution is 2.28. The fourth-order valence-electron chi connectivity index (χ4n) is 1.55. The number of rotatable bonds is 2. The molecule has 2 aromatic rings. The second-order valence-electron chi connectivity index (χ2n) is 3.30. The highest BCUT2D eigenvalue weighted by atomic mass is 79.9. The van der Waals surface area contributed by atoms with Crippen molar-refractivity contribution in [3.63, 3.8) is 0 Å². The Bertz CT molecular complexity index is 451. The monoisotopic (exact) mass is 280 g/mol. The smallest absolute Gasteiger partial charge is 0.0412 e. The molecule has 0 saturated carbocycles. The summed E-state index contributed by atoms with van der Waals surface area (Å²) in [5.74, 6) is 0. The molecule has 15 heavy (non-hydrogen) atoms. The molecule has 0 fully saturated rings. The molecule has 2 rings (SSSR count). The Balaban J connectivity index is 2.56. The molecular formula is C13H10BrCl. The summed E-state index contributed by atoms with van der Waals surface area (Å²) in [5.41, 5.74) is 3.65. The standard InChI is InChI=1S/C13H10BrCl/c14-9-11-6-7-12(15)8-13(11)10-4-2-1-3-5-10/h1-8H,9H2. The fraction of sp³-hybridized carbons (Fsp3) is 0.0769. The Labute approximate surface area is 103 Å². The van der Waals surface area contributed by atoms with Gasteiger partial charge in [-0.3, -0.25) is 0 Å². The molecule has 0 nitrogen and oxygen atoms in total. The molecule has 0 N–H and O–H groups in total. The summed E-state index contributed by atoms with van der Waals surface area (Å²) in [6.07, 6.45) is 0. The van der Waals surface area contributed by atoms with Crippen molar-refractivity contribution in [2.75, 3.05) is 0 Å². The first kappa shape index (κ1) is 10.7. The Hall–Kier alpha value is -0.790. The van der Waals surface area contributed by atoms with Crippen molar-refractivity contribution in [1.82, 2.24) is 0 Å². The van der Waals surface area contributed by atoms with Crippen LogP contribution < -0.4 is 0 Å². The van der Waals surface area contributed by atoms with Gasteiger partial charge in [0.05, 0.1) is 0 Å². The van der Waals surface area contributed by atoms with Crippen LogP contribution in [0.2, 0.25) is 5.02 Å². The summed E-state index contributed by atoms with van der Waals surface area (Å²) in [7, 11) is 0. The van der Waals surface area contributed by atoms with Crippen LogP contribution in [0.3, 0.4) is 0 Å². The van der Waals surface area contributed by atoms with Crippen LogP contribution in [0.1, 0.15) is 5.56 Å². The largest absolute Gasteiger partial charge is 0.0876 e. The third-order valence-electron chi connectivity index (χ3n) is 2.30. The van der Waals surface area contributed by atoms with Crippen LogP contribution in [0, 0.1) is 0 Å². The van der Waals surface area contributed by atoms with Crippen molar-refractivity contribution >= 4 is 27.5 Å². The van der Waals surface area contributed by atoms with Crippen LogP contribution in [-0.2, 0) is 5.33 Å². The maximum absolute atomic E-state index is 6.01. The van der Waals surface area contributed by atoms with E-state index in [0.717, 1.165) is 10.4 Å². The molecule has 0 aliphatic rings. The van der Waals surface area contributed by atoms with Gasteiger partial charge in [-0.05, 0) is 28.8 Å². The molecular weight excluding hydrogens is 272 g/mol. The van der Waals surface area contributed by atoms with Gasteiger partial charge in [0.15, 0.2) is 0 Å². The van der Waals surface area contributed by atoms with E-state index in [0.29, 0.717) is 0 Å². The predicted molar refractivity (Wildman–Crippen MR) is 69.5 cm³/mol. The molecule has 0 aliphatic carbocycles. The lowest BCUT2D eigenvalue weighted by Crippen LogP contribution is -1.85. The lowest BCUT2D eigenvalue weighted by atomic mass is 10.0. The van der Waals surface area contributed by atoms with E-state index in [9.17, 15) is 0 Å². The van der Waals surface area contributed by atoms with Gasteiger partial charge >= 0.3 is 0 Å². The van der Waals surface area contributed by atoms with Crippen molar-refractivity contribution in [1.29, 1.82) is 0 Å². The predicted octanol–water partition coefficient (Wildman–Crippen LogP) is 4.90. The number of benzene rings is 2. The zero-order chi connectivity index (χ0) is 10.7. The molecule has 0 saturated heterocycles. The second-order valence-corrected chi connectivity index (χ2v) is 4.30. The number of hydrogen-bond acceptors (Lipinski definition) is 0. The quantitative estimate of drug-likeness (QED) is 0.687. The molecule has 76 valence electrons. The van der Waals surface area contributed by atoms with Gasteiger partial charge in [-0.15, -0.1) is 0 Å². The molecule has 2 aromatic carbocycles. The lowest BCUT2D eigenvalue weighted by molar-refractivity contribution is 1.43. The number of alkyl halides is 1. The van der Waals surface area contributed by atoms with Crippen LogP contribution in [-0.4, -0.2) is 0 Å². The van der Waals surface area contributed by atoms with E-state index in [2.05, 4.69) is 34.1 Å². The van der Waals surface area contributed by atoms with E-state index < -0.39 is 0 Å². The van der Waals surface area contributed by atoms with Gasteiger partial charge in [0.2, 0.25) is 0 Å². The van der Waals surface area contributed by atoms with E-state index in [1.807, 2.05) is 30.3 Å². The third kappa shape index (κ3) is 2.42. The molecule has 0 unspecified atom stereocenters. The Morgan fingerprint density at radius 2 is 1.73 bits per heavy atom. The maximum Gasteiger partial charge on any atom is 0.0412 e. The van der Waals surface area contributed by atoms with Crippen LogP contribution in [0.15, 0.2) is 48.5 Å². The van der Waals surface area contributed by atoms with E-state index in [4.69, 9.17) is 11.6 Å². The van der Waals surface area contributed by atoms with Gasteiger partial charge in [0.25, 0.3) is 0 Å². The van der Waals surface area contributed by atoms with E-state index in [-0.39, 0.29) is 0 Å². The summed E-state index contributed by atoms with van der Waals surface area (Å²) < 4.78 is 0. The van der Waals surface area contributed by atoms with Crippen molar-refractivity contribution in [2.24, 2.45) is 0 Å². The summed E-state index contributed by atoms with van der Waals surface area (Å²) >= 11 is 9.50. The third-order valence-corrected chi connectivity index (χ3v) is 3.14. The highest BCUT2D eigenvalue weighted by molar-refractivity contribution is 9.08. The Morgan fingerprint density at radius 1 is 1.00 bits per heavy atom. The molecule has 0 bridgehead atoms. The van der Waals surface area contributed by atoms with E-state index >= 15 is 0 Å². The van der Waals surface area contributed by atoms with E-state index in [1.54, 1.807) is 0 Å². The van der Waals surface area contributed by atoms with Crippen molar-refractivity contribution < 1.29 is 0 Å². The SMILES string of the molecule is Clc1ccc(CBr)c(-c2ccccc2)c1. The average Bonchev–Trinajstić information content (AvgIpc) is 2.30. The normalized spacial score (nSPS) is 10.3. The lowest BCUT2D eigenvalue weighted by Gasteiger charge is -2.07.